The van der Waals surface area contributed by atoms with E-state index in [1.807, 2.05) is 88.4 Å². The van der Waals surface area contributed by atoms with E-state index in [-0.39, 0.29) is 36.3 Å². The molecule has 1 atom stereocenters. The van der Waals surface area contributed by atoms with Crippen molar-refractivity contribution in [1.82, 2.24) is 10.0 Å². The van der Waals surface area contributed by atoms with E-state index in [4.69, 9.17) is 18.9 Å². The number of ether oxygens (including phenoxy) is 4. The van der Waals surface area contributed by atoms with Crippen LogP contribution in [0.25, 0.3) is 11.1 Å². The predicted octanol–water partition coefficient (Wildman–Crippen LogP) is 7.90. The van der Waals surface area contributed by atoms with Crippen LogP contribution in [0.3, 0.4) is 0 Å². The summed E-state index contributed by atoms with van der Waals surface area (Å²) in [6.45, 7) is 9.72. The number of carbonyl (C=O) groups is 2. The number of amides is 1. The van der Waals surface area contributed by atoms with Gasteiger partial charge in [0.2, 0.25) is 5.96 Å². The average molecular weight is 831 g/mol. The first-order chi connectivity index (χ1) is 28.7. The smallest absolute Gasteiger partial charge is 0.407 e. The molecule has 1 amide bonds. The van der Waals surface area contributed by atoms with Crippen LogP contribution < -0.4 is 24.8 Å². The fourth-order valence-electron chi connectivity index (χ4n) is 8.04. The number of guanidine groups is 1. The molecule has 7 rings (SSSR count). The second kappa shape index (κ2) is 17.1. The van der Waals surface area contributed by atoms with Gasteiger partial charge in [0.1, 0.15) is 29.7 Å². The van der Waals surface area contributed by atoms with Crippen molar-refractivity contribution in [2.45, 2.75) is 76.5 Å². The molecule has 0 radical (unpaired) electrons. The van der Waals surface area contributed by atoms with Crippen molar-refractivity contribution in [3.63, 3.8) is 0 Å². The van der Waals surface area contributed by atoms with E-state index < -0.39 is 33.7 Å². The Bertz CT molecular complexity index is 2520. The number of hydrogen-bond donors (Lipinski definition) is 3. The number of hydrogen-bond acceptors (Lipinski definition) is 9. The Kier molecular flexibility index (Phi) is 11.9. The molecule has 0 bridgehead atoms. The van der Waals surface area contributed by atoms with Gasteiger partial charge in [-0.2, -0.15) is 0 Å². The molecule has 60 heavy (non-hydrogen) atoms. The summed E-state index contributed by atoms with van der Waals surface area (Å²) in [4.78, 5) is 30.9. The maximum Gasteiger partial charge on any atom is 0.407 e. The van der Waals surface area contributed by atoms with E-state index in [2.05, 4.69) is 32.5 Å². The van der Waals surface area contributed by atoms with Crippen LogP contribution in [0.15, 0.2) is 107 Å². The summed E-state index contributed by atoms with van der Waals surface area (Å²) in [7, 11) is -1.30. The highest BCUT2D eigenvalue weighted by atomic mass is 32.2. The second-order valence-corrected chi connectivity index (χ2v) is 17.4. The zero-order valence-electron chi connectivity index (χ0n) is 34.8. The zero-order valence-corrected chi connectivity index (χ0v) is 35.7. The number of aliphatic imine (C=N–C) groups is 1. The molecule has 2 aliphatic rings. The normalized spacial score (nSPS) is 14.6. The van der Waals surface area contributed by atoms with E-state index >= 15 is 0 Å². The number of alkyl carbamates (subject to hydrolysis) is 1. The Labute approximate surface area is 351 Å². The number of nitrogens with one attached hydrogen (secondary N) is 3. The van der Waals surface area contributed by atoms with Crippen LogP contribution in [0.1, 0.15) is 64.3 Å². The molecular weight excluding hydrogens is 781 g/mol. The summed E-state index contributed by atoms with van der Waals surface area (Å²) in [5.74, 6) is 0.673. The standard InChI is InChI=1S/C47H50N4O8S/c1-28-29(2)43(30(3)39-25-47(4,5)59-42(28)39)60(54,55)51-45(48-26-32-18-22-34(56-6)23-19-32)49-33-20-16-31(17-21-33)24-41(44(52)57-7)50-46(53)58-27-40-37-14-10-8-12-35(37)36-13-9-11-15-38(36)40/h8-23,40-41H,24-27H2,1-7H3,(H,50,53)(H2,48,49,51)/t41-/m0/s1. The molecule has 1 heterocycles. The van der Waals surface area contributed by atoms with Gasteiger partial charge in [0.05, 0.1) is 25.7 Å². The third-order valence-corrected chi connectivity index (χ3v) is 12.8. The summed E-state index contributed by atoms with van der Waals surface area (Å²) >= 11 is 0. The first-order valence-electron chi connectivity index (χ1n) is 19.7. The molecular formula is C47H50N4O8S. The Balaban J connectivity index is 1.07. The minimum atomic E-state index is -4.15. The van der Waals surface area contributed by atoms with Crippen LogP contribution in [0, 0.1) is 20.8 Å². The maximum absolute atomic E-state index is 14.3. The summed E-state index contributed by atoms with van der Waals surface area (Å²) in [6.07, 6.45) is -0.0477. The van der Waals surface area contributed by atoms with Gasteiger partial charge in [-0.1, -0.05) is 72.8 Å². The largest absolute Gasteiger partial charge is 0.497 e. The minimum absolute atomic E-state index is 0.0106. The van der Waals surface area contributed by atoms with Crippen LogP contribution in [0.5, 0.6) is 11.5 Å². The lowest BCUT2D eigenvalue weighted by Crippen LogP contribution is -2.43. The monoisotopic (exact) mass is 830 g/mol. The van der Waals surface area contributed by atoms with Gasteiger partial charge in [0.25, 0.3) is 10.0 Å². The minimum Gasteiger partial charge on any atom is -0.497 e. The fraction of sp³-hybridized carbons (Fsp3) is 0.298. The number of rotatable bonds is 12. The van der Waals surface area contributed by atoms with Crippen molar-refractivity contribution in [2.75, 3.05) is 26.1 Å². The Morgan fingerprint density at radius 2 is 1.45 bits per heavy atom. The van der Waals surface area contributed by atoms with Crippen LogP contribution in [0.4, 0.5) is 10.5 Å². The lowest BCUT2D eigenvalue weighted by molar-refractivity contribution is -0.143. The molecule has 1 aliphatic heterocycles. The third kappa shape index (κ3) is 8.81. The Morgan fingerprint density at radius 1 is 0.833 bits per heavy atom. The molecule has 0 aromatic heterocycles. The van der Waals surface area contributed by atoms with Crippen molar-refractivity contribution in [2.24, 2.45) is 4.99 Å². The van der Waals surface area contributed by atoms with E-state index in [9.17, 15) is 18.0 Å². The van der Waals surface area contributed by atoms with Gasteiger partial charge in [0, 0.05) is 30.0 Å². The maximum atomic E-state index is 14.3. The first kappa shape index (κ1) is 41.8. The second-order valence-electron chi connectivity index (χ2n) is 15.7. The van der Waals surface area contributed by atoms with E-state index in [1.54, 1.807) is 38.3 Å². The molecule has 0 saturated heterocycles. The van der Waals surface area contributed by atoms with Gasteiger partial charge in [-0.15, -0.1) is 0 Å². The lowest BCUT2D eigenvalue weighted by Gasteiger charge is -2.20. The Morgan fingerprint density at radius 3 is 2.07 bits per heavy atom. The highest BCUT2D eigenvalue weighted by Crippen LogP contribution is 2.45. The average Bonchev–Trinajstić information content (AvgIpc) is 3.75. The predicted molar refractivity (Wildman–Crippen MR) is 231 cm³/mol. The highest BCUT2D eigenvalue weighted by molar-refractivity contribution is 7.90. The van der Waals surface area contributed by atoms with Crippen molar-refractivity contribution in [3.8, 4) is 22.6 Å². The molecule has 13 heteroatoms. The molecule has 1 aliphatic carbocycles. The number of carbonyl (C=O) groups excluding carboxylic acids is 2. The number of esters is 1. The van der Waals surface area contributed by atoms with Gasteiger partial charge < -0.3 is 29.6 Å². The Hall–Kier alpha value is -6.34. The van der Waals surface area contributed by atoms with E-state index in [0.29, 0.717) is 34.5 Å². The summed E-state index contributed by atoms with van der Waals surface area (Å²) < 4.78 is 53.6. The molecule has 12 nitrogen and oxygen atoms in total. The summed E-state index contributed by atoms with van der Waals surface area (Å²) in [6, 6.07) is 29.4. The van der Waals surface area contributed by atoms with Crippen molar-refractivity contribution in [1.29, 1.82) is 0 Å². The fourth-order valence-corrected chi connectivity index (χ4v) is 9.59. The summed E-state index contributed by atoms with van der Waals surface area (Å²) in [5, 5.41) is 5.84. The quantitative estimate of drug-likeness (QED) is 0.0647. The molecule has 312 valence electrons. The van der Waals surface area contributed by atoms with Crippen LogP contribution in [-0.4, -0.2) is 58.9 Å². The van der Waals surface area contributed by atoms with Crippen LogP contribution >= 0.6 is 0 Å². The van der Waals surface area contributed by atoms with E-state index in [0.717, 1.165) is 44.7 Å². The number of nitrogens with zero attached hydrogens (tertiary/aromatic N) is 1. The highest BCUT2D eigenvalue weighted by Gasteiger charge is 2.37. The first-order valence-corrected chi connectivity index (χ1v) is 21.2. The number of methoxy groups -OCH3 is 2. The summed E-state index contributed by atoms with van der Waals surface area (Å²) in [5.41, 5.74) is 8.89. The topological polar surface area (TPSA) is 154 Å². The molecule has 0 fully saturated rings. The molecule has 5 aromatic carbocycles. The van der Waals surface area contributed by atoms with Gasteiger partial charge >= 0.3 is 12.1 Å². The number of benzene rings is 5. The third-order valence-electron chi connectivity index (χ3n) is 11.1. The number of sulfonamides is 1. The molecule has 0 saturated carbocycles. The molecule has 0 spiro atoms. The lowest BCUT2D eigenvalue weighted by atomic mass is 9.94. The molecule has 3 N–H and O–H groups in total. The van der Waals surface area contributed by atoms with Gasteiger partial charge in [-0.3, -0.25) is 0 Å². The molecule has 5 aromatic rings. The van der Waals surface area contributed by atoms with E-state index in [1.165, 1.54) is 7.11 Å². The van der Waals surface area contributed by atoms with Crippen molar-refractivity contribution in [3.05, 3.63) is 142 Å². The molecule has 0 unspecified atom stereocenters. The zero-order chi connectivity index (χ0) is 42.8. The number of anilines is 1. The van der Waals surface area contributed by atoms with Crippen LogP contribution in [-0.2, 0) is 43.7 Å². The number of fused-ring (bicyclic) bond motifs is 4. The van der Waals surface area contributed by atoms with Gasteiger partial charge in [0.15, 0.2) is 0 Å². The SMILES string of the molecule is COC(=O)[C@H](Cc1ccc(NC(=NCc2ccc(OC)cc2)NS(=O)(=O)c2c(C)c(C)c3c(c2C)CC(C)(C)O3)cc1)NC(=O)OCC1c2ccccc2-c2ccccc21. The van der Waals surface area contributed by atoms with Gasteiger partial charge in [-0.05, 0) is 109 Å². The van der Waals surface area contributed by atoms with Crippen molar-refractivity contribution < 1.29 is 37.0 Å². The van der Waals surface area contributed by atoms with Gasteiger partial charge in [-0.25, -0.2) is 27.7 Å². The van der Waals surface area contributed by atoms with Crippen molar-refractivity contribution >= 4 is 33.7 Å². The van der Waals surface area contributed by atoms with Crippen LogP contribution in [0.2, 0.25) is 0 Å².